The molecule has 1 aromatic heterocycles. The van der Waals surface area contributed by atoms with E-state index in [1.165, 1.54) is 28.9 Å². The highest BCUT2D eigenvalue weighted by atomic mass is 32.2. The van der Waals surface area contributed by atoms with Crippen LogP contribution in [0.5, 0.6) is 0 Å². The van der Waals surface area contributed by atoms with Gasteiger partial charge in [-0.15, -0.1) is 5.10 Å². The van der Waals surface area contributed by atoms with E-state index in [1.54, 1.807) is 0 Å². The van der Waals surface area contributed by atoms with E-state index in [0.717, 1.165) is 0 Å². The van der Waals surface area contributed by atoms with Gasteiger partial charge in [0, 0.05) is 0 Å². The summed E-state index contributed by atoms with van der Waals surface area (Å²) < 4.78 is 23.8. The molecule has 2 rings (SSSR count). The Morgan fingerprint density at radius 3 is 2.29 bits per heavy atom. The fourth-order valence-corrected chi connectivity index (χ4v) is 2.44. The summed E-state index contributed by atoms with van der Waals surface area (Å²) in [6, 6.07) is 5.64. The zero-order chi connectivity index (χ0) is 15.8. The molecule has 1 aromatic carbocycles. The third kappa shape index (κ3) is 2.93. The number of nitrogens with zero attached hydrogens (tertiary/aromatic N) is 3. The van der Waals surface area contributed by atoms with Gasteiger partial charge in [-0.25, -0.2) is 23.0 Å². The molecule has 0 radical (unpaired) electrons. The van der Waals surface area contributed by atoms with Crippen molar-refractivity contribution in [2.24, 2.45) is 5.14 Å². The summed E-state index contributed by atoms with van der Waals surface area (Å²) in [4.78, 5) is 11.1. The average Bonchev–Trinajstić information content (AvgIpc) is 2.82. The zero-order valence-corrected chi connectivity index (χ0v) is 12.2. The zero-order valence-electron chi connectivity index (χ0n) is 11.4. The number of benzene rings is 1. The first-order chi connectivity index (χ1) is 9.71. The van der Waals surface area contributed by atoms with Crippen molar-refractivity contribution in [3.8, 4) is 5.69 Å². The molecule has 0 amide bonds. The van der Waals surface area contributed by atoms with Gasteiger partial charge in [0.1, 0.15) is 0 Å². The van der Waals surface area contributed by atoms with Gasteiger partial charge in [-0.1, -0.05) is 19.1 Å². The van der Waals surface area contributed by atoms with Crippen LogP contribution in [0, 0.1) is 0 Å². The number of nitrogens with two attached hydrogens (primary N) is 1. The first-order valence-corrected chi connectivity index (χ1v) is 7.58. The lowest BCUT2D eigenvalue weighted by molar-refractivity contribution is 0.0688. The highest BCUT2D eigenvalue weighted by molar-refractivity contribution is 7.89. The van der Waals surface area contributed by atoms with E-state index in [1.807, 2.05) is 13.8 Å². The fourth-order valence-electron chi connectivity index (χ4n) is 1.93. The maximum atomic E-state index is 11.2. The van der Waals surface area contributed by atoms with Crippen LogP contribution in [-0.4, -0.2) is 34.5 Å². The molecule has 0 atom stereocenters. The second-order valence-corrected chi connectivity index (χ2v) is 6.30. The number of sulfonamides is 1. The molecule has 0 unspecified atom stereocenters. The van der Waals surface area contributed by atoms with Gasteiger partial charge in [-0.3, -0.25) is 0 Å². The van der Waals surface area contributed by atoms with Crippen LogP contribution in [0.15, 0.2) is 29.2 Å². The quantitative estimate of drug-likeness (QED) is 0.857. The Morgan fingerprint density at radius 1 is 1.29 bits per heavy atom. The van der Waals surface area contributed by atoms with Crippen molar-refractivity contribution in [1.82, 2.24) is 15.0 Å². The predicted octanol–water partition coefficient (Wildman–Crippen LogP) is 0.736. The molecule has 9 heteroatoms. The number of rotatable bonds is 4. The Labute approximate surface area is 121 Å². The minimum absolute atomic E-state index is 0.0316. The first kappa shape index (κ1) is 15.1. The Morgan fingerprint density at radius 2 is 1.86 bits per heavy atom. The van der Waals surface area contributed by atoms with Crippen LogP contribution in [0.3, 0.4) is 0 Å². The number of primary sulfonamides is 1. The standard InChI is InChI=1S/C12H14N4O4S/c1-7(2)11-10(12(17)18)14-15-16(11)8-3-5-9(6-4-8)21(13,19)20/h3-7H,1-2H3,(H,17,18)(H2,13,19,20). The van der Waals surface area contributed by atoms with E-state index in [9.17, 15) is 13.2 Å². The fraction of sp³-hybridized carbons (Fsp3) is 0.250. The molecule has 0 aliphatic rings. The molecule has 0 fully saturated rings. The number of aromatic nitrogens is 3. The number of carboxylic acids is 1. The van der Waals surface area contributed by atoms with Crippen molar-refractivity contribution < 1.29 is 18.3 Å². The molecule has 3 N–H and O–H groups in total. The molecule has 0 aliphatic carbocycles. The second kappa shape index (κ2) is 5.26. The van der Waals surface area contributed by atoms with E-state index < -0.39 is 16.0 Å². The van der Waals surface area contributed by atoms with Crippen molar-refractivity contribution in [2.75, 3.05) is 0 Å². The third-order valence-corrected chi connectivity index (χ3v) is 3.79. The average molecular weight is 310 g/mol. The first-order valence-electron chi connectivity index (χ1n) is 6.04. The van der Waals surface area contributed by atoms with Gasteiger partial charge in [0.25, 0.3) is 0 Å². The molecule has 2 aromatic rings. The molecule has 0 bridgehead atoms. The Hall–Kier alpha value is -2.26. The van der Waals surface area contributed by atoms with Gasteiger partial charge in [0.05, 0.1) is 16.3 Å². The largest absolute Gasteiger partial charge is 0.476 e. The van der Waals surface area contributed by atoms with Crippen molar-refractivity contribution in [3.63, 3.8) is 0 Å². The van der Waals surface area contributed by atoms with Crippen molar-refractivity contribution in [2.45, 2.75) is 24.7 Å². The van der Waals surface area contributed by atoms with Crippen LogP contribution in [0.25, 0.3) is 5.69 Å². The second-order valence-electron chi connectivity index (χ2n) is 4.73. The van der Waals surface area contributed by atoms with Crippen molar-refractivity contribution >= 4 is 16.0 Å². The number of hydrogen-bond donors (Lipinski definition) is 2. The van der Waals surface area contributed by atoms with Crippen LogP contribution >= 0.6 is 0 Å². The molecule has 0 spiro atoms. The van der Waals surface area contributed by atoms with E-state index in [4.69, 9.17) is 10.2 Å². The highest BCUT2D eigenvalue weighted by Crippen LogP contribution is 2.22. The predicted molar refractivity (Wildman–Crippen MR) is 73.8 cm³/mol. The lowest BCUT2D eigenvalue weighted by Gasteiger charge is -2.10. The number of aromatic carboxylic acids is 1. The molecule has 1 heterocycles. The van der Waals surface area contributed by atoms with Crippen molar-refractivity contribution in [3.05, 3.63) is 35.7 Å². The van der Waals surface area contributed by atoms with Crippen molar-refractivity contribution in [1.29, 1.82) is 0 Å². The maximum Gasteiger partial charge on any atom is 0.358 e. The summed E-state index contributed by atoms with van der Waals surface area (Å²) in [7, 11) is -3.78. The Balaban J connectivity index is 2.55. The Kier molecular flexibility index (Phi) is 3.79. The van der Waals surface area contributed by atoms with Gasteiger partial charge >= 0.3 is 5.97 Å². The minimum atomic E-state index is -3.78. The SMILES string of the molecule is CC(C)c1c(C(=O)O)nnn1-c1ccc(S(N)(=O)=O)cc1. The Bertz CT molecular complexity index is 778. The van der Waals surface area contributed by atoms with E-state index in [0.29, 0.717) is 11.4 Å². The van der Waals surface area contributed by atoms with Gasteiger partial charge in [-0.2, -0.15) is 0 Å². The monoisotopic (exact) mass is 310 g/mol. The van der Waals surface area contributed by atoms with Gasteiger partial charge in [0.2, 0.25) is 10.0 Å². The molecule has 0 aliphatic heterocycles. The summed E-state index contributed by atoms with van der Waals surface area (Å²) in [5.41, 5.74) is 0.817. The smallest absolute Gasteiger partial charge is 0.358 e. The lowest BCUT2D eigenvalue weighted by Crippen LogP contribution is -2.12. The molecule has 112 valence electrons. The summed E-state index contributed by atoms with van der Waals surface area (Å²) in [6.07, 6.45) is 0. The van der Waals surface area contributed by atoms with Gasteiger partial charge < -0.3 is 5.11 Å². The minimum Gasteiger partial charge on any atom is -0.476 e. The number of carbonyl (C=O) groups is 1. The van der Waals surface area contributed by atoms with Gasteiger partial charge in [0.15, 0.2) is 5.69 Å². The summed E-state index contributed by atoms with van der Waals surface area (Å²) in [6.45, 7) is 3.64. The molecule has 8 nitrogen and oxygen atoms in total. The summed E-state index contributed by atoms with van der Waals surface area (Å²) >= 11 is 0. The maximum absolute atomic E-state index is 11.2. The highest BCUT2D eigenvalue weighted by Gasteiger charge is 2.22. The van der Waals surface area contributed by atoms with Crippen LogP contribution in [-0.2, 0) is 10.0 Å². The normalized spacial score (nSPS) is 11.8. The molecule has 21 heavy (non-hydrogen) atoms. The van der Waals surface area contributed by atoms with E-state index >= 15 is 0 Å². The lowest BCUT2D eigenvalue weighted by atomic mass is 10.1. The summed E-state index contributed by atoms with van der Waals surface area (Å²) in [5.74, 6) is -1.28. The summed E-state index contributed by atoms with van der Waals surface area (Å²) in [5, 5.41) is 21.6. The molecular weight excluding hydrogens is 296 g/mol. The van der Waals surface area contributed by atoms with Crippen LogP contribution in [0.2, 0.25) is 0 Å². The van der Waals surface area contributed by atoms with E-state index in [-0.39, 0.29) is 16.5 Å². The molecule has 0 saturated heterocycles. The molecule has 0 saturated carbocycles. The number of hydrogen-bond acceptors (Lipinski definition) is 5. The van der Waals surface area contributed by atoms with Crippen LogP contribution in [0.4, 0.5) is 0 Å². The van der Waals surface area contributed by atoms with Crippen LogP contribution in [0.1, 0.15) is 35.9 Å². The van der Waals surface area contributed by atoms with Gasteiger partial charge in [-0.05, 0) is 30.2 Å². The number of carboxylic acid groups (broad SMARTS) is 1. The molecular formula is C12H14N4O4S. The topological polar surface area (TPSA) is 128 Å². The van der Waals surface area contributed by atoms with Crippen LogP contribution < -0.4 is 5.14 Å². The van der Waals surface area contributed by atoms with E-state index in [2.05, 4.69) is 10.3 Å². The third-order valence-electron chi connectivity index (χ3n) is 2.86.